The molecular weight excluding hydrogens is 262 g/mol. The summed E-state index contributed by atoms with van der Waals surface area (Å²) in [4.78, 5) is 11.8. The average Bonchev–Trinajstić information content (AvgIpc) is 2.42. The average molecular weight is 283 g/mol. The highest BCUT2D eigenvalue weighted by atomic mass is 16.1. The molecular formula is C17H21N3O. The first-order valence-electron chi connectivity index (χ1n) is 7.91. The van der Waals surface area contributed by atoms with Gasteiger partial charge in [-0.15, -0.1) is 0 Å². The zero-order valence-corrected chi connectivity index (χ0v) is 12.4. The van der Waals surface area contributed by atoms with Crippen LogP contribution in [0.4, 0.5) is 0 Å². The molecule has 0 atom stereocenters. The Hall–Kier alpha value is -1.68. The molecule has 0 aliphatic heterocycles. The summed E-state index contributed by atoms with van der Waals surface area (Å²) >= 11 is 0. The van der Waals surface area contributed by atoms with Gasteiger partial charge in [0.05, 0.1) is 11.1 Å². The van der Waals surface area contributed by atoms with Crippen molar-refractivity contribution in [1.29, 1.82) is 0 Å². The molecule has 4 nitrogen and oxygen atoms in total. The van der Waals surface area contributed by atoms with E-state index >= 15 is 0 Å². The summed E-state index contributed by atoms with van der Waals surface area (Å²) in [6.07, 6.45) is 5.05. The van der Waals surface area contributed by atoms with Gasteiger partial charge in [-0.25, -0.2) is 5.10 Å². The molecule has 0 saturated heterocycles. The van der Waals surface area contributed by atoms with Gasteiger partial charge in [-0.05, 0) is 43.7 Å². The Kier molecular flexibility index (Phi) is 2.89. The Morgan fingerprint density at radius 2 is 1.95 bits per heavy atom. The predicted octanol–water partition coefficient (Wildman–Crippen LogP) is 2.56. The number of nitrogens with zero attached hydrogens (tertiary/aromatic N) is 1. The van der Waals surface area contributed by atoms with Crippen LogP contribution in [-0.2, 0) is 0 Å². The van der Waals surface area contributed by atoms with Crippen LogP contribution >= 0.6 is 0 Å². The zero-order chi connectivity index (χ0) is 14.4. The Balaban J connectivity index is 1.55. The lowest BCUT2D eigenvalue weighted by Crippen LogP contribution is -2.54. The fourth-order valence-corrected chi connectivity index (χ4v) is 4.38. The molecule has 2 saturated carbocycles. The summed E-state index contributed by atoms with van der Waals surface area (Å²) in [5.41, 5.74) is 1.55. The zero-order valence-electron chi connectivity index (χ0n) is 12.4. The van der Waals surface area contributed by atoms with Crippen molar-refractivity contribution in [2.24, 2.45) is 5.41 Å². The summed E-state index contributed by atoms with van der Waals surface area (Å²) in [7, 11) is 0. The van der Waals surface area contributed by atoms with Crippen molar-refractivity contribution >= 4 is 10.8 Å². The fraction of sp³-hybridized carbons (Fsp3) is 0.529. The Morgan fingerprint density at radius 1 is 1.24 bits per heavy atom. The number of rotatable bonds is 3. The fourth-order valence-electron chi connectivity index (χ4n) is 4.38. The topological polar surface area (TPSA) is 57.8 Å². The van der Waals surface area contributed by atoms with E-state index in [-0.39, 0.29) is 5.56 Å². The van der Waals surface area contributed by atoms with Gasteiger partial charge in [0.2, 0.25) is 0 Å². The number of nitrogens with one attached hydrogen (secondary N) is 2. The number of benzene rings is 1. The van der Waals surface area contributed by atoms with E-state index in [4.69, 9.17) is 0 Å². The summed E-state index contributed by atoms with van der Waals surface area (Å²) in [6, 6.07) is 8.54. The second kappa shape index (κ2) is 4.67. The number of fused-ring (bicyclic) bond motifs is 1. The lowest BCUT2D eigenvalue weighted by molar-refractivity contribution is -0.0210. The number of hydrogen-bond acceptors (Lipinski definition) is 3. The maximum absolute atomic E-state index is 11.8. The van der Waals surface area contributed by atoms with Gasteiger partial charge in [0, 0.05) is 17.3 Å². The molecule has 0 amide bonds. The first-order chi connectivity index (χ1) is 10.2. The minimum absolute atomic E-state index is 0.0840. The van der Waals surface area contributed by atoms with E-state index in [1.54, 1.807) is 0 Å². The third-order valence-corrected chi connectivity index (χ3v) is 5.32. The first kappa shape index (κ1) is 13.0. The molecule has 2 N–H and O–H groups in total. The van der Waals surface area contributed by atoms with Gasteiger partial charge in [0.25, 0.3) is 5.56 Å². The van der Waals surface area contributed by atoms with Crippen molar-refractivity contribution in [1.82, 2.24) is 15.5 Å². The normalized spacial score (nSPS) is 31.1. The molecule has 0 unspecified atom stereocenters. The monoisotopic (exact) mass is 283 g/mol. The smallest absolute Gasteiger partial charge is 0.272 e. The third kappa shape index (κ3) is 2.01. The van der Waals surface area contributed by atoms with E-state index in [1.165, 1.54) is 25.7 Å². The molecule has 4 rings (SSSR count). The summed E-state index contributed by atoms with van der Waals surface area (Å²) in [5, 5.41) is 12.4. The van der Waals surface area contributed by atoms with Gasteiger partial charge in [-0.1, -0.05) is 25.1 Å². The molecule has 4 heteroatoms. The summed E-state index contributed by atoms with van der Waals surface area (Å²) < 4.78 is 0. The predicted molar refractivity (Wildman–Crippen MR) is 83.5 cm³/mol. The van der Waals surface area contributed by atoms with Crippen molar-refractivity contribution in [2.45, 2.75) is 44.6 Å². The molecule has 1 heterocycles. The molecule has 2 aliphatic carbocycles. The quantitative estimate of drug-likeness (QED) is 0.910. The molecule has 0 radical (unpaired) electrons. The van der Waals surface area contributed by atoms with E-state index in [0.29, 0.717) is 11.3 Å². The highest BCUT2D eigenvalue weighted by Crippen LogP contribution is 2.61. The van der Waals surface area contributed by atoms with E-state index in [0.717, 1.165) is 29.1 Å². The van der Waals surface area contributed by atoms with Gasteiger partial charge in [-0.3, -0.25) is 4.79 Å². The van der Waals surface area contributed by atoms with Gasteiger partial charge < -0.3 is 5.32 Å². The highest BCUT2D eigenvalue weighted by Gasteiger charge is 2.53. The van der Waals surface area contributed by atoms with Crippen molar-refractivity contribution in [3.63, 3.8) is 0 Å². The third-order valence-electron chi connectivity index (χ3n) is 5.32. The van der Waals surface area contributed by atoms with Crippen LogP contribution in [0.25, 0.3) is 10.8 Å². The second-order valence-corrected chi connectivity index (χ2v) is 6.75. The van der Waals surface area contributed by atoms with E-state index in [2.05, 4.69) is 22.4 Å². The number of aromatic nitrogens is 2. The molecule has 0 bridgehead atoms. The molecule has 110 valence electrons. The second-order valence-electron chi connectivity index (χ2n) is 6.75. The van der Waals surface area contributed by atoms with Crippen LogP contribution in [0.2, 0.25) is 0 Å². The van der Waals surface area contributed by atoms with Crippen LogP contribution in [0, 0.1) is 5.41 Å². The largest absolute Gasteiger partial charge is 0.314 e. The maximum atomic E-state index is 11.8. The highest BCUT2D eigenvalue weighted by molar-refractivity contribution is 5.83. The Bertz CT molecular complexity index is 722. The van der Waals surface area contributed by atoms with Crippen LogP contribution in [-0.4, -0.2) is 22.8 Å². The van der Waals surface area contributed by atoms with Gasteiger partial charge in [-0.2, -0.15) is 5.10 Å². The summed E-state index contributed by atoms with van der Waals surface area (Å²) in [6.45, 7) is 3.24. The summed E-state index contributed by atoms with van der Waals surface area (Å²) in [5.74, 6) is 0.509. The van der Waals surface area contributed by atoms with Gasteiger partial charge in [0.1, 0.15) is 0 Å². The maximum Gasteiger partial charge on any atom is 0.272 e. The van der Waals surface area contributed by atoms with Gasteiger partial charge in [0.15, 0.2) is 0 Å². The minimum Gasteiger partial charge on any atom is -0.314 e. The SMILES string of the molecule is CCN[C@H]1CC2(C1)C[C@H](c1n[nH]c(=O)c3ccccc31)C2. The molecule has 2 aliphatic rings. The van der Waals surface area contributed by atoms with E-state index in [1.807, 2.05) is 24.3 Å². The lowest BCUT2D eigenvalue weighted by Gasteiger charge is -2.58. The Morgan fingerprint density at radius 3 is 2.67 bits per heavy atom. The van der Waals surface area contributed by atoms with Crippen LogP contribution < -0.4 is 10.9 Å². The van der Waals surface area contributed by atoms with Crippen LogP contribution in [0.3, 0.4) is 0 Å². The minimum atomic E-state index is -0.0840. The van der Waals surface area contributed by atoms with Crippen LogP contribution in [0.15, 0.2) is 29.1 Å². The van der Waals surface area contributed by atoms with Crippen molar-refractivity contribution in [2.75, 3.05) is 6.54 Å². The van der Waals surface area contributed by atoms with E-state index < -0.39 is 0 Å². The lowest BCUT2D eigenvalue weighted by atomic mass is 9.49. The van der Waals surface area contributed by atoms with Crippen molar-refractivity contribution in [3.8, 4) is 0 Å². The number of hydrogen-bond donors (Lipinski definition) is 2. The van der Waals surface area contributed by atoms with Crippen LogP contribution in [0.1, 0.15) is 44.2 Å². The molecule has 21 heavy (non-hydrogen) atoms. The first-order valence-corrected chi connectivity index (χ1v) is 7.91. The molecule has 1 aromatic heterocycles. The van der Waals surface area contributed by atoms with Crippen LogP contribution in [0.5, 0.6) is 0 Å². The molecule has 1 spiro atoms. The standard InChI is InChI=1S/C17H21N3O/c1-2-18-12-9-17(10-12)7-11(8-17)15-13-5-3-4-6-14(13)16(21)20-19-15/h3-6,11-12,18H,2,7-10H2,1H3,(H,20,21)/t11-,12-,17?. The van der Waals surface area contributed by atoms with Crippen molar-refractivity contribution < 1.29 is 0 Å². The molecule has 2 fully saturated rings. The van der Waals surface area contributed by atoms with Gasteiger partial charge >= 0.3 is 0 Å². The molecule has 2 aromatic rings. The van der Waals surface area contributed by atoms with Crippen molar-refractivity contribution in [3.05, 3.63) is 40.3 Å². The Labute approximate surface area is 124 Å². The number of aromatic amines is 1. The van der Waals surface area contributed by atoms with E-state index in [9.17, 15) is 4.79 Å². The number of H-pyrrole nitrogens is 1. The molecule has 1 aromatic carbocycles.